The quantitative estimate of drug-likeness (QED) is 0.180. The minimum absolute atomic E-state index is 0.151. The van der Waals surface area contributed by atoms with Crippen molar-refractivity contribution in [2.75, 3.05) is 38.5 Å². The molecular weight excluding hydrogens is 476 g/mol. The van der Waals surface area contributed by atoms with Gasteiger partial charge in [0.1, 0.15) is 11.6 Å². The number of carbonyl (C=O) groups excluding carboxylic acids is 1. The fourth-order valence-corrected chi connectivity index (χ4v) is 4.17. The number of aromatic amines is 1. The molecule has 0 spiro atoms. The van der Waals surface area contributed by atoms with Crippen molar-refractivity contribution in [3.8, 4) is 5.75 Å². The number of rotatable bonds is 17. The van der Waals surface area contributed by atoms with Gasteiger partial charge in [0.15, 0.2) is 5.82 Å². The Labute approximate surface area is 216 Å². The molecule has 3 rings (SSSR count). The number of nitrogens with two attached hydrogens (primary N) is 1. The van der Waals surface area contributed by atoms with Gasteiger partial charge in [-0.2, -0.15) is 10.2 Å². The molecule has 1 aromatic carbocycles. The SMILES string of the molecule is CCCC[C@@H](CCOC)Nc1nc(N)nc(CCOC=O)c1Cc1cc(Cc2nn[nH]n2)ccc1OC. The fraction of sp³-hybridized carbons (Fsp3) is 0.520. The molecule has 0 radical (unpaired) electrons. The molecule has 12 nitrogen and oxygen atoms in total. The van der Waals surface area contributed by atoms with Crippen molar-refractivity contribution in [1.29, 1.82) is 0 Å². The number of nitrogens with zero attached hydrogens (tertiary/aromatic N) is 5. The number of ether oxygens (including phenoxy) is 3. The van der Waals surface area contributed by atoms with Gasteiger partial charge in [0.25, 0.3) is 6.47 Å². The second-order valence-corrected chi connectivity index (χ2v) is 8.67. The van der Waals surface area contributed by atoms with Gasteiger partial charge in [-0.15, -0.1) is 10.2 Å². The second kappa shape index (κ2) is 14.7. The molecular formula is C25H36N8O4. The summed E-state index contributed by atoms with van der Waals surface area (Å²) in [5, 5.41) is 17.8. The fourth-order valence-electron chi connectivity index (χ4n) is 4.17. The molecule has 0 amide bonds. The van der Waals surface area contributed by atoms with Crippen molar-refractivity contribution in [2.45, 2.75) is 57.9 Å². The van der Waals surface area contributed by atoms with Gasteiger partial charge in [-0.25, -0.2) is 4.98 Å². The molecule has 200 valence electrons. The van der Waals surface area contributed by atoms with E-state index in [-0.39, 0.29) is 18.6 Å². The maximum atomic E-state index is 10.8. The molecule has 37 heavy (non-hydrogen) atoms. The Morgan fingerprint density at radius 2 is 2.03 bits per heavy atom. The van der Waals surface area contributed by atoms with Gasteiger partial charge in [-0.05, 0) is 30.0 Å². The number of nitrogen functional groups attached to an aromatic ring is 1. The third kappa shape index (κ3) is 8.38. The first kappa shape index (κ1) is 27.8. The summed E-state index contributed by atoms with van der Waals surface area (Å²) >= 11 is 0. The predicted molar refractivity (Wildman–Crippen MR) is 138 cm³/mol. The lowest BCUT2D eigenvalue weighted by Gasteiger charge is -2.23. The molecule has 12 heteroatoms. The summed E-state index contributed by atoms with van der Waals surface area (Å²) in [6.45, 7) is 3.41. The molecule has 0 bridgehead atoms. The van der Waals surface area contributed by atoms with Crippen LogP contribution in [-0.2, 0) is 33.5 Å². The number of hydrogen-bond acceptors (Lipinski definition) is 11. The number of aromatic nitrogens is 6. The van der Waals surface area contributed by atoms with Crippen molar-refractivity contribution in [1.82, 2.24) is 30.6 Å². The minimum Gasteiger partial charge on any atom is -0.496 e. The number of hydrogen-bond donors (Lipinski definition) is 3. The largest absolute Gasteiger partial charge is 0.496 e. The van der Waals surface area contributed by atoms with Crippen LogP contribution in [0.1, 0.15) is 60.8 Å². The summed E-state index contributed by atoms with van der Waals surface area (Å²) in [6, 6.07) is 6.11. The number of nitrogens with one attached hydrogen (secondary N) is 2. The molecule has 0 saturated heterocycles. The summed E-state index contributed by atoms with van der Waals surface area (Å²) in [5.41, 5.74) is 9.65. The molecule has 2 aromatic heterocycles. The summed E-state index contributed by atoms with van der Waals surface area (Å²) in [4.78, 5) is 19.9. The molecule has 0 aliphatic carbocycles. The number of benzene rings is 1. The molecule has 0 fully saturated rings. The zero-order chi connectivity index (χ0) is 26.5. The van der Waals surface area contributed by atoms with E-state index in [0.717, 1.165) is 48.1 Å². The summed E-state index contributed by atoms with van der Waals surface area (Å²) < 4.78 is 16.0. The predicted octanol–water partition coefficient (Wildman–Crippen LogP) is 2.48. The molecule has 0 aliphatic heterocycles. The topological polar surface area (TPSA) is 163 Å². The number of unbranched alkanes of at least 4 members (excludes halogenated alkanes) is 1. The van der Waals surface area contributed by atoms with Crippen LogP contribution >= 0.6 is 0 Å². The maximum absolute atomic E-state index is 10.8. The van der Waals surface area contributed by atoms with Crippen LogP contribution in [-0.4, -0.2) is 70.5 Å². The molecule has 2 heterocycles. The first-order chi connectivity index (χ1) is 18.1. The van der Waals surface area contributed by atoms with Crippen molar-refractivity contribution >= 4 is 18.2 Å². The van der Waals surface area contributed by atoms with Crippen LogP contribution in [0.3, 0.4) is 0 Å². The molecule has 3 aromatic rings. The second-order valence-electron chi connectivity index (χ2n) is 8.67. The van der Waals surface area contributed by atoms with E-state index in [0.29, 0.717) is 49.7 Å². The van der Waals surface area contributed by atoms with Gasteiger partial charge in [0.05, 0.1) is 19.4 Å². The Morgan fingerprint density at radius 1 is 1.16 bits per heavy atom. The van der Waals surface area contributed by atoms with Crippen molar-refractivity contribution in [3.05, 3.63) is 46.4 Å². The average Bonchev–Trinajstić information content (AvgIpc) is 3.40. The van der Waals surface area contributed by atoms with Gasteiger partial charge in [-0.1, -0.05) is 37.1 Å². The van der Waals surface area contributed by atoms with Crippen LogP contribution in [0, 0.1) is 0 Å². The Morgan fingerprint density at radius 3 is 2.73 bits per heavy atom. The van der Waals surface area contributed by atoms with Crippen LogP contribution in [0.2, 0.25) is 0 Å². The lowest BCUT2D eigenvalue weighted by atomic mass is 9.98. The number of anilines is 2. The van der Waals surface area contributed by atoms with Crippen LogP contribution in [0.15, 0.2) is 18.2 Å². The van der Waals surface area contributed by atoms with Crippen molar-refractivity contribution in [2.24, 2.45) is 0 Å². The van der Waals surface area contributed by atoms with E-state index < -0.39 is 0 Å². The van der Waals surface area contributed by atoms with Gasteiger partial charge in [-0.3, -0.25) is 4.79 Å². The number of tetrazole rings is 1. The summed E-state index contributed by atoms with van der Waals surface area (Å²) in [6.07, 6.45) is 5.35. The highest BCUT2D eigenvalue weighted by molar-refractivity contribution is 5.54. The zero-order valence-corrected chi connectivity index (χ0v) is 21.7. The normalized spacial score (nSPS) is 11.8. The zero-order valence-electron chi connectivity index (χ0n) is 21.7. The summed E-state index contributed by atoms with van der Waals surface area (Å²) in [5.74, 6) is 2.15. The Bertz CT molecular complexity index is 1100. The van der Waals surface area contributed by atoms with E-state index >= 15 is 0 Å². The van der Waals surface area contributed by atoms with Crippen LogP contribution in [0.25, 0.3) is 0 Å². The van der Waals surface area contributed by atoms with E-state index in [1.807, 2.05) is 12.1 Å². The number of carbonyl (C=O) groups is 1. The molecule has 0 aliphatic rings. The monoisotopic (exact) mass is 512 g/mol. The Kier molecular flexibility index (Phi) is 11.0. The van der Waals surface area contributed by atoms with E-state index in [9.17, 15) is 4.79 Å². The highest BCUT2D eigenvalue weighted by Gasteiger charge is 2.20. The van der Waals surface area contributed by atoms with Gasteiger partial charge < -0.3 is 25.3 Å². The first-order valence-corrected chi connectivity index (χ1v) is 12.4. The van der Waals surface area contributed by atoms with Crippen molar-refractivity contribution < 1.29 is 19.0 Å². The van der Waals surface area contributed by atoms with Crippen LogP contribution in [0.4, 0.5) is 11.8 Å². The van der Waals surface area contributed by atoms with E-state index in [1.165, 1.54) is 0 Å². The van der Waals surface area contributed by atoms with E-state index in [4.69, 9.17) is 19.9 Å². The third-order valence-corrected chi connectivity index (χ3v) is 6.02. The first-order valence-electron chi connectivity index (χ1n) is 12.4. The maximum Gasteiger partial charge on any atom is 0.293 e. The van der Waals surface area contributed by atoms with Crippen LogP contribution in [0.5, 0.6) is 5.75 Å². The lowest BCUT2D eigenvalue weighted by molar-refractivity contribution is -0.128. The highest BCUT2D eigenvalue weighted by Crippen LogP contribution is 2.29. The smallest absolute Gasteiger partial charge is 0.293 e. The molecule has 0 unspecified atom stereocenters. The molecule has 0 saturated carbocycles. The standard InChI is InChI=1S/C25H36N8O4/c1-4-5-6-19(9-11-35-2)27-24-20(21(10-12-37-16-34)28-25(26)29-24)15-18-13-17(7-8-22(18)36-3)14-23-30-32-33-31-23/h7-8,13,16,19H,4-6,9-12,14-15H2,1-3H3,(H3,26,27,28,29)(H,30,31,32,33)/t19-/m0/s1. The Hall–Kier alpha value is -3.80. The third-order valence-electron chi connectivity index (χ3n) is 6.02. The lowest BCUT2D eigenvalue weighted by Crippen LogP contribution is -2.24. The number of H-pyrrole nitrogens is 1. The van der Waals surface area contributed by atoms with Gasteiger partial charge in [0.2, 0.25) is 5.95 Å². The van der Waals surface area contributed by atoms with Gasteiger partial charge >= 0.3 is 0 Å². The number of methoxy groups -OCH3 is 2. The van der Waals surface area contributed by atoms with Crippen LogP contribution < -0.4 is 15.8 Å². The highest BCUT2D eigenvalue weighted by atomic mass is 16.5. The minimum atomic E-state index is 0.151. The van der Waals surface area contributed by atoms with E-state index in [2.05, 4.69) is 48.9 Å². The van der Waals surface area contributed by atoms with Gasteiger partial charge in [0, 0.05) is 44.6 Å². The molecule has 1 atom stereocenters. The van der Waals surface area contributed by atoms with Crippen molar-refractivity contribution in [3.63, 3.8) is 0 Å². The van der Waals surface area contributed by atoms with E-state index in [1.54, 1.807) is 14.2 Å². The average molecular weight is 513 g/mol. The molecule has 4 N–H and O–H groups in total. The Balaban J connectivity index is 1.99. The summed E-state index contributed by atoms with van der Waals surface area (Å²) in [7, 11) is 3.34.